The first-order chi connectivity index (χ1) is 8.47. The van der Waals surface area contributed by atoms with E-state index in [1.807, 2.05) is 12.2 Å². The Kier molecular flexibility index (Phi) is 9.03. The molecule has 0 saturated heterocycles. The maximum atomic E-state index is 3.84. The van der Waals surface area contributed by atoms with Crippen LogP contribution in [0.4, 0.5) is 0 Å². The molecule has 0 heterocycles. The molecule has 1 N–H and O–H groups in total. The average Bonchev–Trinajstić information content (AvgIpc) is 2.27. The summed E-state index contributed by atoms with van der Waals surface area (Å²) in [5.41, 5.74) is 0.324. The summed E-state index contributed by atoms with van der Waals surface area (Å²) in [4.78, 5) is 2.41. The Morgan fingerprint density at radius 2 is 1.78 bits per heavy atom. The second-order valence-electron chi connectivity index (χ2n) is 5.87. The van der Waals surface area contributed by atoms with Crippen LogP contribution in [-0.2, 0) is 0 Å². The average molecular weight is 252 g/mol. The largest absolute Gasteiger partial charge is 0.314 e. The fraction of sp³-hybridized carbons (Fsp3) is 0.750. The van der Waals surface area contributed by atoms with Crippen molar-refractivity contribution in [2.45, 2.75) is 46.6 Å². The Morgan fingerprint density at radius 1 is 1.22 bits per heavy atom. The van der Waals surface area contributed by atoms with E-state index < -0.39 is 0 Å². The van der Waals surface area contributed by atoms with Crippen LogP contribution in [0.1, 0.15) is 40.5 Å². The maximum absolute atomic E-state index is 3.84. The molecule has 0 rings (SSSR count). The van der Waals surface area contributed by atoms with Crippen LogP contribution >= 0.6 is 0 Å². The Bertz CT molecular complexity index is 225. The van der Waals surface area contributed by atoms with Crippen LogP contribution in [0.2, 0.25) is 0 Å². The molecular weight excluding hydrogens is 220 g/mol. The lowest BCUT2D eigenvalue weighted by Gasteiger charge is -2.35. The maximum Gasteiger partial charge on any atom is 0.0164 e. The topological polar surface area (TPSA) is 15.3 Å². The molecule has 0 radical (unpaired) electrons. The van der Waals surface area contributed by atoms with E-state index in [-0.39, 0.29) is 0 Å². The van der Waals surface area contributed by atoms with E-state index in [0.717, 1.165) is 26.2 Å². The molecule has 0 aliphatic heterocycles. The van der Waals surface area contributed by atoms with Gasteiger partial charge in [0.1, 0.15) is 0 Å². The molecule has 0 aromatic heterocycles. The summed E-state index contributed by atoms with van der Waals surface area (Å²) < 4.78 is 0. The predicted molar refractivity (Wildman–Crippen MR) is 83.0 cm³/mol. The molecular formula is C16H32N2. The highest BCUT2D eigenvalue weighted by Crippen LogP contribution is 2.24. The summed E-state index contributed by atoms with van der Waals surface area (Å²) >= 11 is 0. The van der Waals surface area contributed by atoms with Crippen LogP contribution < -0.4 is 5.32 Å². The summed E-state index contributed by atoms with van der Waals surface area (Å²) in [6, 6.07) is 0.549. The second-order valence-corrected chi connectivity index (χ2v) is 5.87. The van der Waals surface area contributed by atoms with E-state index in [1.165, 1.54) is 12.8 Å². The van der Waals surface area contributed by atoms with Gasteiger partial charge in [0.25, 0.3) is 0 Å². The Balaban J connectivity index is 4.52. The van der Waals surface area contributed by atoms with Gasteiger partial charge in [-0.25, -0.2) is 0 Å². The molecule has 106 valence electrons. The standard InChI is InChI=1S/C16H32N2/c1-7-10-16(6,13-17-15(4)5)14-18(11-8-2)12-9-3/h8-9,15,17H,2-3,7,10-14H2,1,4-6H3. The second kappa shape index (κ2) is 9.35. The van der Waals surface area contributed by atoms with Gasteiger partial charge in [-0.2, -0.15) is 0 Å². The monoisotopic (exact) mass is 252 g/mol. The molecule has 0 aliphatic rings. The fourth-order valence-corrected chi connectivity index (χ4v) is 2.39. The van der Waals surface area contributed by atoms with Gasteiger partial charge in [0, 0.05) is 32.2 Å². The van der Waals surface area contributed by atoms with E-state index in [4.69, 9.17) is 0 Å². The highest BCUT2D eigenvalue weighted by Gasteiger charge is 2.25. The van der Waals surface area contributed by atoms with Crippen LogP contribution in [0.3, 0.4) is 0 Å². The minimum atomic E-state index is 0.324. The molecule has 0 amide bonds. The van der Waals surface area contributed by atoms with E-state index in [1.54, 1.807) is 0 Å². The lowest BCUT2D eigenvalue weighted by atomic mass is 9.84. The van der Waals surface area contributed by atoms with Gasteiger partial charge in [0.2, 0.25) is 0 Å². The smallest absolute Gasteiger partial charge is 0.0164 e. The zero-order valence-electron chi connectivity index (χ0n) is 12.8. The number of hydrogen-bond acceptors (Lipinski definition) is 2. The Hall–Kier alpha value is -0.600. The SMILES string of the molecule is C=CCN(CC=C)CC(C)(CCC)CNC(C)C. The minimum absolute atomic E-state index is 0.324. The third-order valence-electron chi connectivity index (χ3n) is 3.17. The summed E-state index contributed by atoms with van der Waals surface area (Å²) in [6.07, 6.45) is 6.43. The van der Waals surface area contributed by atoms with Crippen LogP contribution in [0.5, 0.6) is 0 Å². The zero-order chi connectivity index (χ0) is 14.0. The molecule has 1 atom stereocenters. The van der Waals surface area contributed by atoms with Crippen molar-refractivity contribution < 1.29 is 0 Å². The van der Waals surface area contributed by atoms with Gasteiger partial charge in [0.05, 0.1) is 0 Å². The van der Waals surface area contributed by atoms with Crippen molar-refractivity contribution in [3.8, 4) is 0 Å². The number of hydrogen-bond donors (Lipinski definition) is 1. The van der Waals surface area contributed by atoms with Crippen molar-refractivity contribution >= 4 is 0 Å². The van der Waals surface area contributed by atoms with E-state index in [0.29, 0.717) is 11.5 Å². The molecule has 1 unspecified atom stereocenters. The number of rotatable bonds is 11. The molecule has 0 spiro atoms. The zero-order valence-corrected chi connectivity index (χ0v) is 12.8. The Morgan fingerprint density at radius 3 is 2.17 bits per heavy atom. The van der Waals surface area contributed by atoms with Crippen molar-refractivity contribution in [3.05, 3.63) is 25.3 Å². The lowest BCUT2D eigenvalue weighted by molar-refractivity contribution is 0.168. The highest BCUT2D eigenvalue weighted by atomic mass is 15.1. The molecule has 2 heteroatoms. The van der Waals surface area contributed by atoms with Crippen LogP contribution in [-0.4, -0.2) is 37.1 Å². The molecule has 0 aromatic carbocycles. The normalized spacial score (nSPS) is 14.8. The molecule has 0 aliphatic carbocycles. The molecule has 0 fully saturated rings. The lowest BCUT2D eigenvalue weighted by Crippen LogP contribution is -2.44. The van der Waals surface area contributed by atoms with Gasteiger partial charge in [-0.05, 0) is 11.8 Å². The number of nitrogens with one attached hydrogen (secondary N) is 1. The highest BCUT2D eigenvalue weighted by molar-refractivity contribution is 4.87. The van der Waals surface area contributed by atoms with Crippen LogP contribution in [0.25, 0.3) is 0 Å². The van der Waals surface area contributed by atoms with E-state index >= 15 is 0 Å². The molecule has 0 saturated carbocycles. The third-order valence-corrected chi connectivity index (χ3v) is 3.17. The molecule has 2 nitrogen and oxygen atoms in total. The van der Waals surface area contributed by atoms with E-state index in [2.05, 4.69) is 51.1 Å². The van der Waals surface area contributed by atoms with E-state index in [9.17, 15) is 0 Å². The molecule has 0 bridgehead atoms. The summed E-state index contributed by atoms with van der Waals surface area (Å²) in [6.45, 7) is 20.8. The van der Waals surface area contributed by atoms with Crippen LogP contribution in [0, 0.1) is 5.41 Å². The van der Waals surface area contributed by atoms with Crippen LogP contribution in [0.15, 0.2) is 25.3 Å². The minimum Gasteiger partial charge on any atom is -0.314 e. The first-order valence-corrected chi connectivity index (χ1v) is 7.15. The fourth-order valence-electron chi connectivity index (χ4n) is 2.39. The van der Waals surface area contributed by atoms with Gasteiger partial charge in [0.15, 0.2) is 0 Å². The third kappa shape index (κ3) is 7.67. The van der Waals surface area contributed by atoms with Crippen molar-refractivity contribution in [2.75, 3.05) is 26.2 Å². The quantitative estimate of drug-likeness (QED) is 0.567. The Labute approximate surface area is 114 Å². The van der Waals surface area contributed by atoms with Gasteiger partial charge in [-0.15, -0.1) is 13.2 Å². The summed E-state index contributed by atoms with van der Waals surface area (Å²) in [7, 11) is 0. The first-order valence-electron chi connectivity index (χ1n) is 7.15. The first kappa shape index (κ1) is 17.4. The predicted octanol–water partition coefficient (Wildman–Crippen LogP) is 3.46. The van der Waals surface area contributed by atoms with Crippen molar-refractivity contribution in [1.82, 2.24) is 10.2 Å². The summed E-state index contributed by atoms with van der Waals surface area (Å²) in [5, 5.41) is 3.58. The molecule has 0 aromatic rings. The van der Waals surface area contributed by atoms with Crippen molar-refractivity contribution in [2.24, 2.45) is 5.41 Å². The van der Waals surface area contributed by atoms with Gasteiger partial charge in [-0.3, -0.25) is 4.90 Å². The summed E-state index contributed by atoms with van der Waals surface area (Å²) in [5.74, 6) is 0. The van der Waals surface area contributed by atoms with Crippen molar-refractivity contribution in [3.63, 3.8) is 0 Å². The van der Waals surface area contributed by atoms with Gasteiger partial charge < -0.3 is 5.32 Å². The van der Waals surface area contributed by atoms with Gasteiger partial charge in [-0.1, -0.05) is 46.3 Å². The van der Waals surface area contributed by atoms with Crippen molar-refractivity contribution in [1.29, 1.82) is 0 Å². The number of nitrogens with zero attached hydrogens (tertiary/aromatic N) is 1. The molecule has 18 heavy (non-hydrogen) atoms. The van der Waals surface area contributed by atoms with Gasteiger partial charge >= 0.3 is 0 Å².